The summed E-state index contributed by atoms with van der Waals surface area (Å²) in [4.78, 5) is 4.08. The maximum atomic E-state index is 5.44. The van der Waals surface area contributed by atoms with Gasteiger partial charge in [-0.25, -0.2) is 0 Å². The third-order valence-corrected chi connectivity index (χ3v) is 3.48. The number of hydrogen-bond acceptors (Lipinski definition) is 5. The van der Waals surface area contributed by atoms with Gasteiger partial charge >= 0.3 is 0 Å². The van der Waals surface area contributed by atoms with Gasteiger partial charge in [-0.1, -0.05) is 13.3 Å². The van der Waals surface area contributed by atoms with Crippen LogP contribution in [0.3, 0.4) is 0 Å². The van der Waals surface area contributed by atoms with Crippen molar-refractivity contribution in [2.24, 2.45) is 5.41 Å². The average molecular weight is 212 g/mol. The van der Waals surface area contributed by atoms with E-state index in [0.29, 0.717) is 11.4 Å². The molecular weight excluding hydrogens is 196 g/mol. The molecule has 0 aliphatic heterocycles. The third-order valence-electron chi connectivity index (χ3n) is 2.79. The molecule has 2 rings (SSSR count). The molecule has 1 aliphatic rings. The maximum absolute atomic E-state index is 5.44. The second kappa shape index (κ2) is 3.73. The van der Waals surface area contributed by atoms with Crippen molar-refractivity contribution in [3.05, 3.63) is 0 Å². The molecule has 78 valence electrons. The van der Waals surface area contributed by atoms with Crippen LogP contribution >= 0.6 is 11.5 Å². The molecule has 1 aromatic heterocycles. The topological polar surface area (TPSA) is 63.8 Å². The second-order valence-corrected chi connectivity index (χ2v) is 4.81. The van der Waals surface area contributed by atoms with E-state index in [1.807, 2.05) is 0 Å². The van der Waals surface area contributed by atoms with Gasteiger partial charge in [-0.15, -0.1) is 0 Å². The predicted octanol–water partition coefficient (Wildman–Crippen LogP) is 2.11. The van der Waals surface area contributed by atoms with E-state index in [9.17, 15) is 0 Å². The molecule has 0 unspecified atom stereocenters. The lowest BCUT2D eigenvalue weighted by Gasteiger charge is -2.13. The monoisotopic (exact) mass is 212 g/mol. The number of anilines is 2. The van der Waals surface area contributed by atoms with E-state index in [-0.39, 0.29) is 0 Å². The van der Waals surface area contributed by atoms with Gasteiger partial charge in [0.15, 0.2) is 0 Å². The normalized spacial score (nSPS) is 18.1. The number of nitrogen functional groups attached to an aromatic ring is 1. The standard InChI is InChI=1S/C9H16N4S/c1-2-3-9(4-5-9)6-11-8-12-7(10)13-14-8/h2-6H2,1H3,(H3,10,11,12,13). The van der Waals surface area contributed by atoms with Crippen LogP contribution in [-0.2, 0) is 0 Å². The Hall–Kier alpha value is -0.840. The van der Waals surface area contributed by atoms with Crippen LogP contribution in [0.4, 0.5) is 11.1 Å². The summed E-state index contributed by atoms with van der Waals surface area (Å²) in [7, 11) is 0. The highest BCUT2D eigenvalue weighted by Gasteiger charge is 2.41. The summed E-state index contributed by atoms with van der Waals surface area (Å²) >= 11 is 1.34. The Morgan fingerprint density at radius 3 is 2.86 bits per heavy atom. The van der Waals surface area contributed by atoms with Crippen molar-refractivity contribution in [2.75, 3.05) is 17.6 Å². The van der Waals surface area contributed by atoms with Crippen molar-refractivity contribution in [2.45, 2.75) is 32.6 Å². The van der Waals surface area contributed by atoms with E-state index in [0.717, 1.165) is 11.7 Å². The summed E-state index contributed by atoms with van der Waals surface area (Å²) in [6.45, 7) is 3.26. The molecule has 1 aliphatic carbocycles. The molecule has 0 saturated heterocycles. The lowest BCUT2D eigenvalue weighted by Crippen LogP contribution is -2.14. The smallest absolute Gasteiger partial charge is 0.233 e. The zero-order chi connectivity index (χ0) is 10.0. The molecule has 5 heteroatoms. The van der Waals surface area contributed by atoms with Crippen molar-refractivity contribution < 1.29 is 0 Å². The fourth-order valence-corrected chi connectivity index (χ4v) is 2.28. The van der Waals surface area contributed by atoms with Gasteiger partial charge in [0.1, 0.15) is 0 Å². The van der Waals surface area contributed by atoms with E-state index in [1.165, 1.54) is 37.2 Å². The number of aromatic nitrogens is 2. The molecule has 0 amide bonds. The summed E-state index contributed by atoms with van der Waals surface area (Å²) in [5.41, 5.74) is 5.99. The second-order valence-electron chi connectivity index (χ2n) is 4.06. The van der Waals surface area contributed by atoms with Crippen LogP contribution in [0.2, 0.25) is 0 Å². The van der Waals surface area contributed by atoms with Gasteiger partial charge in [0.25, 0.3) is 0 Å². The van der Waals surface area contributed by atoms with Crippen LogP contribution in [0, 0.1) is 5.41 Å². The van der Waals surface area contributed by atoms with Gasteiger partial charge in [-0.05, 0) is 24.7 Å². The van der Waals surface area contributed by atoms with E-state index < -0.39 is 0 Å². The Balaban J connectivity index is 1.82. The fourth-order valence-electron chi connectivity index (χ4n) is 1.79. The largest absolute Gasteiger partial charge is 0.367 e. The molecule has 1 heterocycles. The molecule has 14 heavy (non-hydrogen) atoms. The highest BCUT2D eigenvalue weighted by molar-refractivity contribution is 7.09. The van der Waals surface area contributed by atoms with E-state index >= 15 is 0 Å². The third kappa shape index (κ3) is 2.15. The predicted molar refractivity (Wildman–Crippen MR) is 59.4 cm³/mol. The molecule has 0 aromatic carbocycles. The van der Waals surface area contributed by atoms with E-state index in [2.05, 4.69) is 21.6 Å². The molecule has 0 atom stereocenters. The lowest BCUT2D eigenvalue weighted by molar-refractivity contribution is 0.485. The van der Waals surface area contributed by atoms with Crippen LogP contribution in [0.15, 0.2) is 0 Å². The summed E-state index contributed by atoms with van der Waals surface area (Å²) in [6.07, 6.45) is 5.28. The molecular formula is C9H16N4S. The van der Waals surface area contributed by atoms with Crippen LogP contribution in [0.25, 0.3) is 0 Å². The first kappa shape index (κ1) is 9.71. The number of nitrogens with one attached hydrogen (secondary N) is 1. The summed E-state index contributed by atoms with van der Waals surface area (Å²) in [5, 5.41) is 4.17. The summed E-state index contributed by atoms with van der Waals surface area (Å²) in [5.74, 6) is 0.373. The van der Waals surface area contributed by atoms with Crippen LogP contribution in [0.5, 0.6) is 0 Å². The first-order valence-electron chi connectivity index (χ1n) is 5.07. The first-order chi connectivity index (χ1) is 6.74. The fraction of sp³-hybridized carbons (Fsp3) is 0.778. The Morgan fingerprint density at radius 2 is 2.36 bits per heavy atom. The highest BCUT2D eigenvalue weighted by atomic mass is 32.1. The zero-order valence-electron chi connectivity index (χ0n) is 8.42. The van der Waals surface area contributed by atoms with Crippen molar-refractivity contribution >= 4 is 22.6 Å². The average Bonchev–Trinajstić information content (AvgIpc) is 2.80. The number of nitrogens with two attached hydrogens (primary N) is 1. The van der Waals surface area contributed by atoms with Gasteiger partial charge in [0.2, 0.25) is 11.1 Å². The molecule has 0 bridgehead atoms. The van der Waals surface area contributed by atoms with Gasteiger partial charge in [-0.2, -0.15) is 9.36 Å². The first-order valence-corrected chi connectivity index (χ1v) is 5.84. The molecule has 1 aromatic rings. The SMILES string of the molecule is CCCC1(CNc2nc(N)ns2)CC1. The van der Waals surface area contributed by atoms with Crippen molar-refractivity contribution in [3.8, 4) is 0 Å². The van der Waals surface area contributed by atoms with Gasteiger partial charge in [0, 0.05) is 18.1 Å². The number of nitrogens with zero attached hydrogens (tertiary/aromatic N) is 2. The Morgan fingerprint density at radius 1 is 1.57 bits per heavy atom. The maximum Gasteiger partial charge on any atom is 0.233 e. The highest BCUT2D eigenvalue weighted by Crippen LogP contribution is 2.49. The minimum atomic E-state index is 0.373. The molecule has 1 fully saturated rings. The van der Waals surface area contributed by atoms with E-state index in [4.69, 9.17) is 5.73 Å². The Labute approximate surface area is 88.1 Å². The van der Waals surface area contributed by atoms with Crippen molar-refractivity contribution in [1.82, 2.24) is 9.36 Å². The van der Waals surface area contributed by atoms with Crippen molar-refractivity contribution in [1.29, 1.82) is 0 Å². The molecule has 3 N–H and O–H groups in total. The van der Waals surface area contributed by atoms with Crippen LogP contribution in [-0.4, -0.2) is 15.9 Å². The number of hydrogen-bond donors (Lipinski definition) is 2. The summed E-state index contributed by atoms with van der Waals surface area (Å²) < 4.78 is 3.93. The summed E-state index contributed by atoms with van der Waals surface area (Å²) in [6, 6.07) is 0. The Kier molecular flexibility index (Phi) is 2.58. The molecule has 1 saturated carbocycles. The molecule has 0 radical (unpaired) electrons. The molecule has 0 spiro atoms. The minimum absolute atomic E-state index is 0.373. The minimum Gasteiger partial charge on any atom is -0.367 e. The quantitative estimate of drug-likeness (QED) is 0.784. The van der Waals surface area contributed by atoms with Crippen molar-refractivity contribution in [3.63, 3.8) is 0 Å². The van der Waals surface area contributed by atoms with Crippen LogP contribution < -0.4 is 11.1 Å². The van der Waals surface area contributed by atoms with E-state index in [1.54, 1.807) is 0 Å². The van der Waals surface area contributed by atoms with Crippen LogP contribution in [0.1, 0.15) is 32.6 Å². The number of rotatable bonds is 5. The Bertz CT molecular complexity index is 306. The lowest BCUT2D eigenvalue weighted by atomic mass is 10.0. The van der Waals surface area contributed by atoms with Gasteiger partial charge < -0.3 is 11.1 Å². The van der Waals surface area contributed by atoms with Gasteiger partial charge in [0.05, 0.1) is 0 Å². The molecule has 4 nitrogen and oxygen atoms in total. The zero-order valence-corrected chi connectivity index (χ0v) is 9.23. The van der Waals surface area contributed by atoms with Gasteiger partial charge in [-0.3, -0.25) is 0 Å².